The van der Waals surface area contributed by atoms with Crippen LogP contribution in [0.4, 0.5) is 4.79 Å². The highest BCUT2D eigenvalue weighted by atomic mass is 32.2. The Labute approximate surface area is 166 Å². The van der Waals surface area contributed by atoms with Gasteiger partial charge in [-0.05, 0) is 50.5 Å². The number of urea groups is 1. The van der Waals surface area contributed by atoms with E-state index in [1.807, 2.05) is 18.7 Å². The Balaban J connectivity index is 1.60. The fourth-order valence-electron chi connectivity index (χ4n) is 3.59. The molecule has 0 radical (unpaired) electrons. The van der Waals surface area contributed by atoms with Crippen LogP contribution in [-0.2, 0) is 10.0 Å². The van der Waals surface area contributed by atoms with Gasteiger partial charge in [0.05, 0.1) is 4.90 Å². The maximum atomic E-state index is 12.7. The molecule has 2 saturated heterocycles. The number of sulfonamides is 1. The van der Waals surface area contributed by atoms with Gasteiger partial charge in [0.15, 0.2) is 0 Å². The maximum Gasteiger partial charge on any atom is 0.317 e. The molecule has 9 heteroatoms. The molecule has 0 spiro atoms. The number of amides is 3. The molecule has 2 fully saturated rings. The summed E-state index contributed by atoms with van der Waals surface area (Å²) < 4.78 is 27.3. The van der Waals surface area contributed by atoms with Crippen molar-refractivity contribution in [3.63, 3.8) is 0 Å². The van der Waals surface area contributed by atoms with Gasteiger partial charge in [-0.25, -0.2) is 17.9 Å². The average Bonchev–Trinajstić information content (AvgIpc) is 3.13. The van der Waals surface area contributed by atoms with Crippen molar-refractivity contribution in [1.82, 2.24) is 19.8 Å². The number of benzene rings is 1. The van der Waals surface area contributed by atoms with Gasteiger partial charge in [-0.15, -0.1) is 0 Å². The SMILES string of the molecule is CC[C@@H](C)NS(=O)(=O)c1ccc(C(=O)N2CCC(N3CCNC3=O)CC2)cc1. The average molecular weight is 409 g/mol. The van der Waals surface area contributed by atoms with Gasteiger partial charge in [0.1, 0.15) is 0 Å². The molecule has 0 aromatic heterocycles. The minimum atomic E-state index is -3.58. The van der Waals surface area contributed by atoms with Crippen LogP contribution in [-0.4, -0.2) is 68.4 Å². The predicted molar refractivity (Wildman–Crippen MR) is 106 cm³/mol. The monoisotopic (exact) mass is 408 g/mol. The highest BCUT2D eigenvalue weighted by Crippen LogP contribution is 2.20. The molecule has 8 nitrogen and oxygen atoms in total. The molecule has 1 aromatic carbocycles. The van der Waals surface area contributed by atoms with E-state index in [2.05, 4.69) is 10.0 Å². The van der Waals surface area contributed by atoms with Crippen LogP contribution in [0.25, 0.3) is 0 Å². The fraction of sp³-hybridized carbons (Fsp3) is 0.579. The Morgan fingerprint density at radius 2 is 1.86 bits per heavy atom. The number of hydrogen-bond acceptors (Lipinski definition) is 4. The molecule has 3 amide bonds. The van der Waals surface area contributed by atoms with Gasteiger partial charge >= 0.3 is 6.03 Å². The van der Waals surface area contributed by atoms with Crippen LogP contribution >= 0.6 is 0 Å². The Bertz CT molecular complexity index is 817. The van der Waals surface area contributed by atoms with Gasteiger partial charge < -0.3 is 15.1 Å². The molecular formula is C19H28N4O4S. The van der Waals surface area contributed by atoms with Crippen molar-refractivity contribution in [2.75, 3.05) is 26.2 Å². The lowest BCUT2D eigenvalue weighted by atomic mass is 10.0. The summed E-state index contributed by atoms with van der Waals surface area (Å²) >= 11 is 0. The highest BCUT2D eigenvalue weighted by molar-refractivity contribution is 7.89. The van der Waals surface area contributed by atoms with Crippen molar-refractivity contribution in [1.29, 1.82) is 0 Å². The number of piperidine rings is 1. The number of carbonyl (C=O) groups is 2. The van der Waals surface area contributed by atoms with Crippen molar-refractivity contribution < 1.29 is 18.0 Å². The van der Waals surface area contributed by atoms with Gasteiger partial charge in [0.2, 0.25) is 10.0 Å². The van der Waals surface area contributed by atoms with E-state index in [9.17, 15) is 18.0 Å². The molecule has 2 N–H and O–H groups in total. The summed E-state index contributed by atoms with van der Waals surface area (Å²) in [4.78, 5) is 28.3. The lowest BCUT2D eigenvalue weighted by Crippen LogP contribution is -2.47. The number of rotatable bonds is 6. The van der Waals surface area contributed by atoms with E-state index >= 15 is 0 Å². The number of nitrogens with one attached hydrogen (secondary N) is 2. The molecule has 2 aliphatic heterocycles. The fourth-order valence-corrected chi connectivity index (χ4v) is 4.92. The largest absolute Gasteiger partial charge is 0.338 e. The quantitative estimate of drug-likeness (QED) is 0.743. The first-order chi connectivity index (χ1) is 13.3. The topological polar surface area (TPSA) is 98.8 Å². The van der Waals surface area contributed by atoms with Gasteiger partial charge in [-0.3, -0.25) is 4.79 Å². The third-order valence-electron chi connectivity index (χ3n) is 5.46. The van der Waals surface area contributed by atoms with Crippen LogP contribution in [0.1, 0.15) is 43.5 Å². The summed E-state index contributed by atoms with van der Waals surface area (Å²) in [5.74, 6) is -0.108. The summed E-state index contributed by atoms with van der Waals surface area (Å²) in [6, 6.07) is 6.07. The van der Waals surface area contributed by atoms with E-state index < -0.39 is 10.0 Å². The van der Waals surface area contributed by atoms with Gasteiger partial charge in [-0.1, -0.05) is 6.92 Å². The standard InChI is InChI=1S/C19H28N4O4S/c1-3-14(2)21-28(26,27)17-6-4-15(5-7-17)18(24)22-11-8-16(9-12-22)23-13-10-20-19(23)25/h4-7,14,16,21H,3,8-13H2,1-2H3,(H,20,25)/t14-/m1/s1. The molecule has 3 rings (SSSR count). The number of nitrogens with zero attached hydrogens (tertiary/aromatic N) is 2. The maximum absolute atomic E-state index is 12.7. The molecule has 0 bridgehead atoms. The molecule has 0 aliphatic carbocycles. The van der Waals surface area contributed by atoms with E-state index in [0.29, 0.717) is 31.6 Å². The van der Waals surface area contributed by atoms with E-state index in [-0.39, 0.29) is 28.9 Å². The second-order valence-corrected chi connectivity index (χ2v) is 9.12. The van der Waals surface area contributed by atoms with E-state index in [1.165, 1.54) is 12.1 Å². The molecule has 1 aromatic rings. The second-order valence-electron chi connectivity index (χ2n) is 7.40. The minimum Gasteiger partial charge on any atom is -0.338 e. The Morgan fingerprint density at radius 1 is 1.21 bits per heavy atom. The number of likely N-dealkylation sites (tertiary alicyclic amines) is 1. The van der Waals surface area contributed by atoms with E-state index in [4.69, 9.17) is 0 Å². The van der Waals surface area contributed by atoms with E-state index in [0.717, 1.165) is 19.4 Å². The van der Waals surface area contributed by atoms with Crippen LogP contribution in [0, 0.1) is 0 Å². The lowest BCUT2D eigenvalue weighted by Gasteiger charge is -2.36. The van der Waals surface area contributed by atoms with Crippen LogP contribution in [0.5, 0.6) is 0 Å². The van der Waals surface area contributed by atoms with Crippen molar-refractivity contribution in [2.45, 2.75) is 50.1 Å². The van der Waals surface area contributed by atoms with E-state index in [1.54, 1.807) is 17.0 Å². The third-order valence-corrected chi connectivity index (χ3v) is 7.07. The number of hydrogen-bond donors (Lipinski definition) is 2. The first kappa shape index (κ1) is 20.6. The van der Waals surface area contributed by atoms with Crippen LogP contribution in [0.15, 0.2) is 29.2 Å². The van der Waals surface area contributed by atoms with Crippen molar-refractivity contribution in [3.05, 3.63) is 29.8 Å². The molecule has 0 saturated carbocycles. The minimum absolute atomic E-state index is 0.0208. The first-order valence-corrected chi connectivity index (χ1v) is 11.3. The van der Waals surface area contributed by atoms with Gasteiger partial charge in [-0.2, -0.15) is 0 Å². The number of carbonyl (C=O) groups excluding carboxylic acids is 2. The molecule has 154 valence electrons. The zero-order chi connectivity index (χ0) is 20.3. The zero-order valence-corrected chi connectivity index (χ0v) is 17.2. The lowest BCUT2D eigenvalue weighted by molar-refractivity contribution is 0.0666. The summed E-state index contributed by atoms with van der Waals surface area (Å²) in [5, 5.41) is 2.81. The smallest absolute Gasteiger partial charge is 0.317 e. The van der Waals surface area contributed by atoms with Crippen LogP contribution < -0.4 is 10.0 Å². The van der Waals surface area contributed by atoms with Crippen LogP contribution in [0.2, 0.25) is 0 Å². The highest BCUT2D eigenvalue weighted by Gasteiger charge is 2.32. The third kappa shape index (κ3) is 4.47. The van der Waals surface area contributed by atoms with Crippen LogP contribution in [0.3, 0.4) is 0 Å². The molecule has 2 heterocycles. The molecule has 0 unspecified atom stereocenters. The summed E-state index contributed by atoms with van der Waals surface area (Å²) in [5.41, 5.74) is 0.472. The van der Waals surface area contributed by atoms with Gasteiger partial charge in [0.25, 0.3) is 5.91 Å². The predicted octanol–water partition coefficient (Wildman–Crippen LogP) is 1.39. The molecule has 2 aliphatic rings. The Kier molecular flexibility index (Phi) is 6.24. The zero-order valence-electron chi connectivity index (χ0n) is 16.3. The normalized spacial score (nSPS) is 19.6. The first-order valence-electron chi connectivity index (χ1n) is 9.78. The summed E-state index contributed by atoms with van der Waals surface area (Å²) in [7, 11) is -3.58. The van der Waals surface area contributed by atoms with Crippen molar-refractivity contribution in [2.24, 2.45) is 0 Å². The summed E-state index contributed by atoms with van der Waals surface area (Å²) in [6.45, 7) is 6.29. The summed E-state index contributed by atoms with van der Waals surface area (Å²) in [6.07, 6.45) is 2.21. The molecule has 28 heavy (non-hydrogen) atoms. The second kappa shape index (κ2) is 8.48. The van der Waals surface area contributed by atoms with Crippen molar-refractivity contribution >= 4 is 22.0 Å². The van der Waals surface area contributed by atoms with Crippen molar-refractivity contribution in [3.8, 4) is 0 Å². The Morgan fingerprint density at radius 3 is 2.39 bits per heavy atom. The molecule has 1 atom stereocenters. The Hall–Kier alpha value is -2.13. The van der Waals surface area contributed by atoms with Gasteiger partial charge in [0, 0.05) is 43.8 Å². The molecular weight excluding hydrogens is 380 g/mol.